The molecule has 3 heterocycles. The van der Waals surface area contributed by atoms with Gasteiger partial charge >= 0.3 is 5.69 Å². The number of halogens is 3. The highest BCUT2D eigenvalue weighted by molar-refractivity contribution is 5.93. The molecule has 0 fully saturated rings. The summed E-state index contributed by atoms with van der Waals surface area (Å²) in [5.41, 5.74) is -2.76. The lowest BCUT2D eigenvalue weighted by atomic mass is 10.0. The zero-order chi connectivity index (χ0) is 25.7. The third kappa shape index (κ3) is 3.64. The van der Waals surface area contributed by atoms with E-state index >= 15 is 0 Å². The van der Waals surface area contributed by atoms with Crippen LogP contribution in [0.3, 0.4) is 0 Å². The molecule has 0 saturated heterocycles. The number of nitrogens with zero attached hydrogens (tertiary/aromatic N) is 4. The summed E-state index contributed by atoms with van der Waals surface area (Å²) in [7, 11) is 0. The lowest BCUT2D eigenvalue weighted by Gasteiger charge is -2.15. The summed E-state index contributed by atoms with van der Waals surface area (Å²) in [5.74, 6) is 2.74. The van der Waals surface area contributed by atoms with Gasteiger partial charge in [0.25, 0.3) is 11.1 Å². The van der Waals surface area contributed by atoms with Gasteiger partial charge in [0.2, 0.25) is 0 Å². The zero-order valence-electron chi connectivity index (χ0n) is 18.4. The summed E-state index contributed by atoms with van der Waals surface area (Å²) < 4.78 is 44.7. The molecule has 5 rings (SSSR count). The van der Waals surface area contributed by atoms with Crippen molar-refractivity contribution in [1.82, 2.24) is 24.2 Å². The Morgan fingerprint density at radius 3 is 2.33 bits per heavy atom. The lowest BCUT2D eigenvalue weighted by Crippen LogP contribution is -2.35. The van der Waals surface area contributed by atoms with Crippen molar-refractivity contribution in [3.8, 4) is 28.3 Å². The average molecular weight is 492 g/mol. The highest BCUT2D eigenvalue weighted by Crippen LogP contribution is 2.31. The Hall–Kier alpha value is -5.00. The number of pyridine rings is 1. The van der Waals surface area contributed by atoms with E-state index in [1.807, 2.05) is 4.98 Å². The van der Waals surface area contributed by atoms with Gasteiger partial charge in [0.05, 0.1) is 5.69 Å². The molecule has 0 saturated carbocycles. The summed E-state index contributed by atoms with van der Waals surface area (Å²) in [5, 5.41) is 0.188. The number of aromatic nitrogens is 5. The molecule has 0 unspecified atom stereocenters. The number of nitrogens with one attached hydrogen (secondary N) is 1. The summed E-state index contributed by atoms with van der Waals surface area (Å²) in [4.78, 5) is 48.0. The second-order valence-electron chi connectivity index (χ2n) is 7.88. The molecule has 36 heavy (non-hydrogen) atoms. The molecular weight excluding hydrogens is 477 g/mol. The molecule has 0 aliphatic heterocycles. The molecule has 0 aliphatic carbocycles. The molecule has 2 aromatic carbocycles. The Labute approximate surface area is 198 Å². The van der Waals surface area contributed by atoms with Crippen LogP contribution in [0.25, 0.3) is 39.4 Å². The number of nitrogen functional groups attached to an aromatic ring is 1. The molecular formula is C24H15F3N6O3. The first-order valence-corrected chi connectivity index (χ1v) is 10.4. The van der Waals surface area contributed by atoms with Gasteiger partial charge in [-0.1, -0.05) is 6.07 Å². The van der Waals surface area contributed by atoms with Crippen molar-refractivity contribution in [2.24, 2.45) is 0 Å². The van der Waals surface area contributed by atoms with Gasteiger partial charge in [-0.05, 0) is 48.9 Å². The van der Waals surface area contributed by atoms with Crippen molar-refractivity contribution >= 4 is 11.0 Å². The number of nitrogens with two attached hydrogens (primary N) is 1. The van der Waals surface area contributed by atoms with E-state index in [2.05, 4.69) is 9.97 Å². The Balaban J connectivity index is 1.98. The van der Waals surface area contributed by atoms with E-state index in [0.29, 0.717) is 15.8 Å². The molecule has 180 valence electrons. The van der Waals surface area contributed by atoms with Crippen molar-refractivity contribution in [2.45, 2.75) is 6.92 Å². The molecule has 9 nitrogen and oxygen atoms in total. The lowest BCUT2D eigenvalue weighted by molar-refractivity contribution is 0.568. The molecule has 3 aromatic heterocycles. The minimum atomic E-state index is -1.03. The number of hydrogen-bond acceptors (Lipinski definition) is 6. The zero-order valence-corrected chi connectivity index (χ0v) is 18.4. The molecule has 0 atom stereocenters. The van der Waals surface area contributed by atoms with Crippen molar-refractivity contribution < 1.29 is 13.2 Å². The quantitative estimate of drug-likeness (QED) is 0.372. The van der Waals surface area contributed by atoms with Crippen molar-refractivity contribution in [1.29, 1.82) is 0 Å². The summed E-state index contributed by atoms with van der Waals surface area (Å²) in [6, 6.07) is 9.43. The number of hydrogen-bond donors (Lipinski definition) is 2. The van der Waals surface area contributed by atoms with Crippen LogP contribution in [0.4, 0.5) is 13.2 Å². The van der Waals surface area contributed by atoms with E-state index in [1.165, 1.54) is 24.3 Å². The van der Waals surface area contributed by atoms with Gasteiger partial charge in [-0.15, -0.1) is 0 Å². The fourth-order valence-corrected chi connectivity index (χ4v) is 3.90. The van der Waals surface area contributed by atoms with Crippen LogP contribution in [0.15, 0.2) is 69.1 Å². The van der Waals surface area contributed by atoms with E-state index < -0.39 is 39.9 Å². The topological polar surface area (TPSA) is 129 Å². The molecule has 12 heteroatoms. The van der Waals surface area contributed by atoms with Crippen LogP contribution < -0.4 is 22.7 Å². The first kappa shape index (κ1) is 22.8. The highest BCUT2D eigenvalue weighted by atomic mass is 19.1. The summed E-state index contributed by atoms with van der Waals surface area (Å²) >= 11 is 0. The Morgan fingerprint density at radius 2 is 1.64 bits per heavy atom. The van der Waals surface area contributed by atoms with Gasteiger partial charge in [-0.25, -0.2) is 32.6 Å². The maximum absolute atomic E-state index is 14.8. The number of aryl methyl sites for hydroxylation is 1. The second-order valence-corrected chi connectivity index (χ2v) is 7.88. The molecule has 0 amide bonds. The Bertz CT molecular complexity index is 1860. The number of aromatic amines is 1. The van der Waals surface area contributed by atoms with Gasteiger partial charge in [-0.2, -0.15) is 0 Å². The van der Waals surface area contributed by atoms with Gasteiger partial charge < -0.3 is 5.84 Å². The molecule has 3 N–H and O–H groups in total. The second kappa shape index (κ2) is 8.34. The minimum absolute atomic E-state index is 0.146. The molecule has 0 aliphatic rings. The van der Waals surface area contributed by atoms with E-state index in [4.69, 9.17) is 5.84 Å². The third-order valence-corrected chi connectivity index (χ3v) is 5.56. The van der Waals surface area contributed by atoms with Crippen LogP contribution in [0, 0.1) is 24.4 Å². The Morgan fingerprint density at radius 1 is 0.917 bits per heavy atom. The van der Waals surface area contributed by atoms with Crippen LogP contribution >= 0.6 is 0 Å². The van der Waals surface area contributed by atoms with Crippen molar-refractivity contribution in [3.63, 3.8) is 0 Å². The van der Waals surface area contributed by atoms with Crippen molar-refractivity contribution in [2.75, 3.05) is 5.84 Å². The number of fused-ring (bicyclic) bond motifs is 1. The maximum Gasteiger partial charge on any atom is 0.346 e. The fourth-order valence-electron chi connectivity index (χ4n) is 3.90. The number of rotatable bonds is 3. The molecule has 0 bridgehead atoms. The minimum Gasteiger partial charge on any atom is -0.335 e. The predicted molar refractivity (Wildman–Crippen MR) is 126 cm³/mol. The van der Waals surface area contributed by atoms with Gasteiger partial charge in [0, 0.05) is 23.2 Å². The summed E-state index contributed by atoms with van der Waals surface area (Å²) in [6.07, 6.45) is 0.985. The first-order chi connectivity index (χ1) is 17.2. The molecule has 5 aromatic rings. The van der Waals surface area contributed by atoms with E-state index in [1.54, 1.807) is 6.92 Å². The number of para-hydroxylation sites is 1. The first-order valence-electron chi connectivity index (χ1n) is 10.4. The predicted octanol–water partition coefficient (Wildman–Crippen LogP) is 2.40. The van der Waals surface area contributed by atoms with Gasteiger partial charge in [-0.3, -0.25) is 19.1 Å². The standard InChI is InChI=1S/C24H15F3N6O3/c1-11-9-12(25)5-6-13(11)19-14-7-8-18(34)33(20-16(26)3-2-4-17(20)27)22(14)30-21(29-19)15-10-32(28)24(36)31-23(15)35/h2-10H,28H2,1H3,(H,31,35,36). The smallest absolute Gasteiger partial charge is 0.335 e. The van der Waals surface area contributed by atoms with Crippen LogP contribution in [-0.2, 0) is 0 Å². The Kier molecular flexibility index (Phi) is 5.28. The largest absolute Gasteiger partial charge is 0.346 e. The fraction of sp³-hybridized carbons (Fsp3) is 0.0417. The van der Waals surface area contributed by atoms with Crippen LogP contribution in [-0.4, -0.2) is 24.2 Å². The number of benzene rings is 2. The molecule has 0 radical (unpaired) electrons. The van der Waals surface area contributed by atoms with Crippen LogP contribution in [0.1, 0.15) is 5.56 Å². The number of H-pyrrole nitrogens is 1. The highest BCUT2D eigenvalue weighted by Gasteiger charge is 2.22. The van der Waals surface area contributed by atoms with Crippen LogP contribution in [0.5, 0.6) is 0 Å². The average Bonchev–Trinajstić information content (AvgIpc) is 2.82. The van der Waals surface area contributed by atoms with Crippen molar-refractivity contribution in [3.05, 3.63) is 109 Å². The maximum atomic E-state index is 14.8. The van der Waals surface area contributed by atoms with E-state index in [9.17, 15) is 27.6 Å². The van der Waals surface area contributed by atoms with E-state index in [-0.39, 0.29) is 28.1 Å². The normalized spacial score (nSPS) is 11.2. The van der Waals surface area contributed by atoms with Crippen LogP contribution in [0.2, 0.25) is 0 Å². The third-order valence-electron chi connectivity index (χ3n) is 5.56. The molecule has 0 spiro atoms. The van der Waals surface area contributed by atoms with Gasteiger partial charge in [0.15, 0.2) is 11.5 Å². The SMILES string of the molecule is Cc1cc(F)ccc1-c1nc(-c2cn(N)c(=O)[nH]c2=O)nc2c1ccc(=O)n2-c1c(F)cccc1F. The van der Waals surface area contributed by atoms with Gasteiger partial charge in [0.1, 0.15) is 28.7 Å². The summed E-state index contributed by atoms with van der Waals surface area (Å²) in [6.45, 7) is 1.62. The van der Waals surface area contributed by atoms with E-state index in [0.717, 1.165) is 35.0 Å². The monoisotopic (exact) mass is 492 g/mol.